The summed E-state index contributed by atoms with van der Waals surface area (Å²) in [5, 5.41) is 0. The molecule has 1 aromatic carbocycles. The smallest absolute Gasteiger partial charge is 0.338 e. The van der Waals surface area contributed by atoms with Gasteiger partial charge in [0.05, 0.1) is 5.56 Å². The van der Waals surface area contributed by atoms with Crippen LogP contribution < -0.4 is 5.73 Å². The van der Waals surface area contributed by atoms with E-state index in [0.717, 1.165) is 12.1 Å². The second kappa shape index (κ2) is 5.21. The summed E-state index contributed by atoms with van der Waals surface area (Å²) < 4.78 is 37.2. The van der Waals surface area contributed by atoms with Crippen molar-refractivity contribution in [3.05, 3.63) is 35.4 Å². The van der Waals surface area contributed by atoms with E-state index >= 15 is 0 Å². The van der Waals surface area contributed by atoms with Crippen LogP contribution in [0.4, 0.5) is 13.2 Å². The third-order valence-electron chi connectivity index (χ3n) is 3.28. The number of nitrogens with zero attached hydrogens (tertiary/aromatic N) is 1. The number of carbonyl (C=O) groups excluding carboxylic acids is 1. The van der Waals surface area contributed by atoms with Crippen molar-refractivity contribution in [1.82, 2.24) is 4.90 Å². The average Bonchev–Trinajstić information content (AvgIpc) is 2.70. The lowest BCUT2D eigenvalue weighted by Crippen LogP contribution is -2.25. The Morgan fingerprint density at radius 2 is 1.89 bits per heavy atom. The fraction of sp³-hybridized carbons (Fsp3) is 0.462. The first-order chi connectivity index (χ1) is 8.90. The van der Waals surface area contributed by atoms with Crippen LogP contribution in [0.5, 0.6) is 0 Å². The van der Waals surface area contributed by atoms with E-state index in [1.54, 1.807) is 4.90 Å². The highest BCUT2D eigenvalue weighted by molar-refractivity contribution is 5.78. The van der Waals surface area contributed by atoms with Crippen molar-refractivity contribution in [2.75, 3.05) is 13.1 Å². The number of benzene rings is 1. The fourth-order valence-electron chi connectivity index (χ4n) is 2.18. The lowest BCUT2D eigenvalue weighted by Gasteiger charge is -2.17. The molecule has 6 heteroatoms. The Morgan fingerprint density at radius 1 is 1.26 bits per heavy atom. The molecule has 2 N–H and O–H groups in total. The minimum absolute atomic E-state index is 0.00958. The van der Waals surface area contributed by atoms with E-state index in [1.807, 2.05) is 0 Å². The molecule has 1 amide bonds. The lowest BCUT2D eigenvalue weighted by molar-refractivity contribution is -0.137. The highest BCUT2D eigenvalue weighted by Crippen LogP contribution is 2.29. The number of hydrogen-bond donors (Lipinski definition) is 1. The average molecular weight is 272 g/mol. The Hall–Kier alpha value is -1.56. The maximum absolute atomic E-state index is 12.4. The van der Waals surface area contributed by atoms with Crippen LogP contribution in [0.2, 0.25) is 0 Å². The molecule has 0 spiro atoms. The first-order valence-corrected chi connectivity index (χ1v) is 6.04. The van der Waals surface area contributed by atoms with Gasteiger partial charge in [-0.25, -0.2) is 0 Å². The molecular weight excluding hydrogens is 257 g/mol. The van der Waals surface area contributed by atoms with Crippen molar-refractivity contribution >= 4 is 5.91 Å². The van der Waals surface area contributed by atoms with Gasteiger partial charge in [-0.05, 0) is 30.2 Å². The van der Waals surface area contributed by atoms with Gasteiger partial charge in [0.25, 0.3) is 0 Å². The summed E-state index contributed by atoms with van der Waals surface area (Å²) in [6, 6.07) is 4.89. The van der Waals surface area contributed by atoms with Crippen molar-refractivity contribution in [3.63, 3.8) is 0 Å². The minimum Gasteiger partial charge on any atom is -0.338 e. The Balaban J connectivity index is 2.02. The van der Waals surface area contributed by atoms with Gasteiger partial charge in [0, 0.05) is 19.5 Å². The van der Waals surface area contributed by atoms with Crippen molar-refractivity contribution in [2.24, 2.45) is 11.7 Å². The van der Waals surface area contributed by atoms with E-state index in [-0.39, 0.29) is 11.8 Å². The lowest BCUT2D eigenvalue weighted by atomic mass is 10.1. The summed E-state index contributed by atoms with van der Waals surface area (Å²) in [6.45, 7) is 1.37. The van der Waals surface area contributed by atoms with E-state index in [0.29, 0.717) is 31.6 Å². The van der Waals surface area contributed by atoms with Gasteiger partial charge in [0.1, 0.15) is 0 Å². The Bertz CT molecular complexity index is 456. The van der Waals surface area contributed by atoms with Crippen molar-refractivity contribution < 1.29 is 18.0 Å². The van der Waals surface area contributed by atoms with Crippen molar-refractivity contribution in [3.8, 4) is 0 Å². The van der Waals surface area contributed by atoms with Crippen LogP contribution in [-0.2, 0) is 17.5 Å². The minimum atomic E-state index is -4.33. The fourth-order valence-corrected chi connectivity index (χ4v) is 2.18. The van der Waals surface area contributed by atoms with Gasteiger partial charge in [-0.1, -0.05) is 12.1 Å². The molecule has 1 aromatic rings. The van der Waals surface area contributed by atoms with Gasteiger partial charge in [-0.15, -0.1) is 0 Å². The third-order valence-corrected chi connectivity index (χ3v) is 3.28. The van der Waals surface area contributed by atoms with Crippen LogP contribution in [0, 0.1) is 5.92 Å². The van der Waals surface area contributed by atoms with E-state index < -0.39 is 11.7 Å². The zero-order chi connectivity index (χ0) is 14.0. The molecule has 1 unspecified atom stereocenters. The molecule has 1 fully saturated rings. The number of carbonyl (C=O) groups is 1. The molecule has 0 saturated carbocycles. The van der Waals surface area contributed by atoms with Crippen molar-refractivity contribution in [1.29, 1.82) is 0 Å². The predicted molar refractivity (Wildman–Crippen MR) is 64.0 cm³/mol. The van der Waals surface area contributed by atoms with Crippen molar-refractivity contribution in [2.45, 2.75) is 19.1 Å². The van der Waals surface area contributed by atoms with Gasteiger partial charge in [-0.3, -0.25) is 4.79 Å². The predicted octanol–water partition coefficient (Wildman–Crippen LogP) is 2.01. The standard InChI is InChI=1S/C13H15F3N2O/c14-13(15,16)11-3-1-9(2-4-11)7-18-8-10(6-17)5-12(18)19/h1-4,10H,5-8,17H2. The van der Waals surface area contributed by atoms with Gasteiger partial charge < -0.3 is 10.6 Å². The van der Waals surface area contributed by atoms with Crippen LogP contribution >= 0.6 is 0 Å². The molecule has 0 aromatic heterocycles. The summed E-state index contributed by atoms with van der Waals surface area (Å²) in [6.07, 6.45) is -3.90. The molecule has 1 saturated heterocycles. The molecule has 3 nitrogen and oxygen atoms in total. The van der Waals surface area contributed by atoms with E-state index in [4.69, 9.17) is 5.73 Å². The molecule has 2 rings (SSSR count). The first kappa shape index (κ1) is 13.9. The molecule has 1 atom stereocenters. The van der Waals surface area contributed by atoms with E-state index in [1.165, 1.54) is 12.1 Å². The molecule has 0 bridgehead atoms. The number of halogens is 3. The number of alkyl halides is 3. The molecule has 0 aliphatic carbocycles. The Kier molecular flexibility index (Phi) is 3.80. The van der Waals surface area contributed by atoms with Gasteiger partial charge in [0.15, 0.2) is 0 Å². The maximum atomic E-state index is 12.4. The highest BCUT2D eigenvalue weighted by atomic mass is 19.4. The molecule has 19 heavy (non-hydrogen) atoms. The molecule has 1 aliphatic rings. The monoisotopic (exact) mass is 272 g/mol. The van der Waals surface area contributed by atoms with Crippen LogP contribution in [0.25, 0.3) is 0 Å². The molecule has 104 valence electrons. The SMILES string of the molecule is NCC1CC(=O)N(Cc2ccc(C(F)(F)F)cc2)C1. The van der Waals surface area contributed by atoms with Gasteiger partial charge in [0.2, 0.25) is 5.91 Å². The molecular formula is C13H15F3N2O. The molecule has 1 aliphatic heterocycles. The van der Waals surface area contributed by atoms with E-state index in [2.05, 4.69) is 0 Å². The van der Waals surface area contributed by atoms with Crippen LogP contribution in [0.3, 0.4) is 0 Å². The highest BCUT2D eigenvalue weighted by Gasteiger charge is 2.31. The summed E-state index contributed by atoms with van der Waals surface area (Å²) >= 11 is 0. The zero-order valence-electron chi connectivity index (χ0n) is 10.3. The second-order valence-corrected chi connectivity index (χ2v) is 4.77. The normalized spacial score (nSPS) is 20.1. The largest absolute Gasteiger partial charge is 0.416 e. The number of amides is 1. The van der Waals surface area contributed by atoms with E-state index in [9.17, 15) is 18.0 Å². The Labute approximate surface area is 109 Å². The molecule has 0 radical (unpaired) electrons. The van der Waals surface area contributed by atoms with Crippen LogP contribution in [-0.4, -0.2) is 23.9 Å². The number of hydrogen-bond acceptors (Lipinski definition) is 2. The maximum Gasteiger partial charge on any atom is 0.416 e. The summed E-state index contributed by atoms with van der Waals surface area (Å²) in [4.78, 5) is 13.3. The summed E-state index contributed by atoms with van der Waals surface area (Å²) in [7, 11) is 0. The number of likely N-dealkylation sites (tertiary alicyclic amines) is 1. The number of rotatable bonds is 3. The second-order valence-electron chi connectivity index (χ2n) is 4.77. The summed E-state index contributed by atoms with van der Waals surface area (Å²) in [5.74, 6) is 0.164. The van der Waals surface area contributed by atoms with Crippen LogP contribution in [0.1, 0.15) is 17.5 Å². The van der Waals surface area contributed by atoms with Gasteiger partial charge >= 0.3 is 6.18 Å². The quantitative estimate of drug-likeness (QED) is 0.915. The zero-order valence-corrected chi connectivity index (χ0v) is 10.3. The summed E-state index contributed by atoms with van der Waals surface area (Å²) in [5.41, 5.74) is 5.53. The third kappa shape index (κ3) is 3.26. The number of nitrogens with two attached hydrogens (primary N) is 1. The van der Waals surface area contributed by atoms with Gasteiger partial charge in [-0.2, -0.15) is 13.2 Å². The van der Waals surface area contributed by atoms with Crippen LogP contribution in [0.15, 0.2) is 24.3 Å². The topological polar surface area (TPSA) is 46.3 Å². The molecule has 1 heterocycles. The Morgan fingerprint density at radius 3 is 2.37 bits per heavy atom. The first-order valence-electron chi connectivity index (χ1n) is 6.04.